The first-order chi connectivity index (χ1) is 11.2. The smallest absolute Gasteiger partial charge is 0.283 e. The minimum absolute atomic E-state index is 0.174. The second-order valence-corrected chi connectivity index (χ2v) is 8.52. The monoisotopic (exact) mass is 372 g/mol. The highest BCUT2D eigenvalue weighted by Gasteiger charge is 2.22. The lowest BCUT2D eigenvalue weighted by Crippen LogP contribution is -2.42. The van der Waals surface area contributed by atoms with Gasteiger partial charge in [-0.15, -0.1) is 16.0 Å². The number of nitrogens with zero attached hydrogens (tertiary/aromatic N) is 2. The molecule has 1 aromatic rings. The maximum absolute atomic E-state index is 12.7. The standard InChI is InChI=1S/C18H29ClN2O2S/c1-14(2)21(15(3)4)18(8-6-7-13-19)20-24(22,23)17-11-9-16(5)10-12-17/h9-12,14-15H,6-8,13H2,1-5H3/b20-18+. The zero-order chi connectivity index (χ0) is 18.3. The van der Waals surface area contributed by atoms with Crippen molar-refractivity contribution in [3.63, 3.8) is 0 Å². The number of rotatable bonds is 8. The van der Waals surface area contributed by atoms with E-state index in [2.05, 4.69) is 37.0 Å². The summed E-state index contributed by atoms with van der Waals surface area (Å²) in [5.41, 5.74) is 1.02. The Morgan fingerprint density at radius 3 is 2.08 bits per heavy atom. The van der Waals surface area contributed by atoms with Gasteiger partial charge in [-0.05, 0) is 59.6 Å². The molecule has 0 saturated carbocycles. The van der Waals surface area contributed by atoms with Crippen LogP contribution in [0.25, 0.3) is 0 Å². The molecule has 0 radical (unpaired) electrons. The molecule has 1 aromatic carbocycles. The number of halogens is 1. The molecular formula is C18H29ClN2O2S. The van der Waals surface area contributed by atoms with Crippen LogP contribution in [0.2, 0.25) is 0 Å². The number of hydrogen-bond donors (Lipinski definition) is 0. The fourth-order valence-electron chi connectivity index (χ4n) is 2.69. The van der Waals surface area contributed by atoms with Crippen LogP contribution in [-0.4, -0.2) is 37.1 Å². The molecule has 1 rings (SSSR count). The van der Waals surface area contributed by atoms with Gasteiger partial charge in [-0.25, -0.2) is 0 Å². The summed E-state index contributed by atoms with van der Waals surface area (Å²) in [6.45, 7) is 10.1. The van der Waals surface area contributed by atoms with Crippen LogP contribution in [0.4, 0.5) is 0 Å². The van der Waals surface area contributed by atoms with E-state index in [0.29, 0.717) is 18.1 Å². The van der Waals surface area contributed by atoms with Gasteiger partial charge in [0.15, 0.2) is 0 Å². The summed E-state index contributed by atoms with van der Waals surface area (Å²) in [5, 5.41) is 0. The lowest BCUT2D eigenvalue weighted by atomic mass is 10.1. The normalized spacial score (nSPS) is 12.9. The van der Waals surface area contributed by atoms with Crippen LogP contribution in [0, 0.1) is 6.92 Å². The highest BCUT2D eigenvalue weighted by molar-refractivity contribution is 7.90. The van der Waals surface area contributed by atoms with E-state index in [9.17, 15) is 8.42 Å². The van der Waals surface area contributed by atoms with Crippen molar-refractivity contribution in [2.75, 3.05) is 5.88 Å². The van der Waals surface area contributed by atoms with Crippen molar-refractivity contribution in [2.24, 2.45) is 4.40 Å². The maximum atomic E-state index is 12.7. The van der Waals surface area contributed by atoms with Gasteiger partial charge in [-0.2, -0.15) is 8.42 Å². The summed E-state index contributed by atoms with van der Waals surface area (Å²) < 4.78 is 29.6. The lowest BCUT2D eigenvalue weighted by molar-refractivity contribution is 0.286. The van der Waals surface area contributed by atoms with Crippen molar-refractivity contribution in [1.82, 2.24) is 4.90 Å². The van der Waals surface area contributed by atoms with E-state index in [1.54, 1.807) is 24.3 Å². The van der Waals surface area contributed by atoms with Gasteiger partial charge in [0.25, 0.3) is 10.0 Å². The molecule has 24 heavy (non-hydrogen) atoms. The van der Waals surface area contributed by atoms with Crippen LogP contribution in [-0.2, 0) is 10.0 Å². The minimum Gasteiger partial charge on any atom is -0.354 e. The Bertz CT molecular complexity index is 629. The first kappa shape index (κ1) is 21.0. The SMILES string of the molecule is Cc1ccc(S(=O)(=O)/N=C(\CCCCCl)N(C(C)C)C(C)C)cc1. The predicted octanol–water partition coefficient (Wildman–Crippen LogP) is 4.61. The quantitative estimate of drug-likeness (QED) is 0.290. The highest BCUT2D eigenvalue weighted by Crippen LogP contribution is 2.18. The van der Waals surface area contributed by atoms with Crippen molar-refractivity contribution < 1.29 is 8.42 Å². The fourth-order valence-corrected chi connectivity index (χ4v) is 3.93. The molecule has 0 unspecified atom stereocenters. The molecule has 0 spiro atoms. The Hall–Kier alpha value is -1.07. The molecule has 0 amide bonds. The van der Waals surface area contributed by atoms with E-state index in [1.807, 2.05) is 6.92 Å². The third kappa shape index (κ3) is 6.10. The molecular weight excluding hydrogens is 344 g/mol. The Kier molecular flexibility index (Phi) is 8.23. The number of sulfonamides is 1. The summed E-state index contributed by atoms with van der Waals surface area (Å²) in [5.74, 6) is 1.19. The molecule has 0 bridgehead atoms. The zero-order valence-electron chi connectivity index (χ0n) is 15.3. The van der Waals surface area contributed by atoms with Crippen molar-refractivity contribution in [2.45, 2.75) is 70.9 Å². The average molecular weight is 373 g/mol. The van der Waals surface area contributed by atoms with Crippen LogP contribution >= 0.6 is 11.6 Å². The molecule has 0 fully saturated rings. The molecule has 0 N–H and O–H groups in total. The van der Waals surface area contributed by atoms with Crippen LogP contribution < -0.4 is 0 Å². The highest BCUT2D eigenvalue weighted by atomic mass is 35.5. The van der Waals surface area contributed by atoms with Crippen molar-refractivity contribution >= 4 is 27.5 Å². The first-order valence-corrected chi connectivity index (χ1v) is 10.4. The second kappa shape index (κ2) is 9.42. The van der Waals surface area contributed by atoms with Gasteiger partial charge in [0.1, 0.15) is 5.84 Å². The maximum Gasteiger partial charge on any atom is 0.283 e. The molecule has 0 aliphatic rings. The minimum atomic E-state index is -3.71. The molecule has 0 aliphatic carbocycles. The molecule has 136 valence electrons. The topological polar surface area (TPSA) is 49.7 Å². The Morgan fingerprint density at radius 2 is 1.62 bits per heavy atom. The summed E-state index contributed by atoms with van der Waals surface area (Å²) in [7, 11) is -3.71. The Labute approximate surface area is 152 Å². The summed E-state index contributed by atoms with van der Waals surface area (Å²) in [4.78, 5) is 2.30. The van der Waals surface area contributed by atoms with E-state index < -0.39 is 10.0 Å². The van der Waals surface area contributed by atoms with Crippen LogP contribution in [0.3, 0.4) is 0 Å². The van der Waals surface area contributed by atoms with Crippen molar-refractivity contribution in [3.05, 3.63) is 29.8 Å². The van der Waals surface area contributed by atoms with Crippen LogP contribution in [0.1, 0.15) is 52.5 Å². The molecule has 0 aromatic heterocycles. The fraction of sp³-hybridized carbons (Fsp3) is 0.611. The van der Waals surface area contributed by atoms with Gasteiger partial charge in [0.05, 0.1) is 4.90 Å². The van der Waals surface area contributed by atoms with E-state index in [1.165, 1.54) is 0 Å². The molecule has 6 heteroatoms. The van der Waals surface area contributed by atoms with Crippen LogP contribution in [0.5, 0.6) is 0 Å². The molecule has 0 heterocycles. The molecule has 0 saturated heterocycles. The summed E-state index contributed by atoms with van der Waals surface area (Å²) >= 11 is 5.76. The van der Waals surface area contributed by atoms with Gasteiger partial charge in [0, 0.05) is 24.4 Å². The van der Waals surface area contributed by atoms with Gasteiger partial charge >= 0.3 is 0 Å². The first-order valence-electron chi connectivity index (χ1n) is 8.44. The number of amidine groups is 1. The number of alkyl halides is 1. The van der Waals surface area contributed by atoms with E-state index in [4.69, 9.17) is 11.6 Å². The van der Waals surface area contributed by atoms with E-state index >= 15 is 0 Å². The third-order valence-electron chi connectivity index (χ3n) is 3.74. The Morgan fingerprint density at radius 1 is 1.08 bits per heavy atom. The van der Waals surface area contributed by atoms with E-state index in [-0.39, 0.29) is 17.0 Å². The van der Waals surface area contributed by atoms with Gasteiger partial charge in [-0.1, -0.05) is 17.7 Å². The van der Waals surface area contributed by atoms with Gasteiger partial charge in [0.2, 0.25) is 0 Å². The van der Waals surface area contributed by atoms with Gasteiger partial charge in [-0.3, -0.25) is 0 Å². The van der Waals surface area contributed by atoms with Crippen molar-refractivity contribution in [3.8, 4) is 0 Å². The second-order valence-electron chi connectivity index (χ2n) is 6.54. The molecule has 0 atom stereocenters. The number of unbranched alkanes of at least 4 members (excludes halogenated alkanes) is 1. The third-order valence-corrected chi connectivity index (χ3v) is 5.33. The largest absolute Gasteiger partial charge is 0.354 e. The lowest BCUT2D eigenvalue weighted by Gasteiger charge is -2.34. The number of benzene rings is 1. The zero-order valence-corrected chi connectivity index (χ0v) is 16.9. The predicted molar refractivity (Wildman–Crippen MR) is 102 cm³/mol. The summed E-state index contributed by atoms with van der Waals surface area (Å²) in [6, 6.07) is 7.15. The molecule has 4 nitrogen and oxygen atoms in total. The molecule has 0 aliphatic heterocycles. The van der Waals surface area contributed by atoms with E-state index in [0.717, 1.165) is 18.4 Å². The average Bonchev–Trinajstić information content (AvgIpc) is 2.46. The Balaban J connectivity index is 3.24. The van der Waals surface area contributed by atoms with Gasteiger partial charge < -0.3 is 4.90 Å². The number of aryl methyl sites for hydroxylation is 1. The number of hydrogen-bond acceptors (Lipinski definition) is 2. The summed E-state index contributed by atoms with van der Waals surface area (Å²) in [6.07, 6.45) is 2.27. The van der Waals surface area contributed by atoms with Crippen LogP contribution in [0.15, 0.2) is 33.6 Å². The van der Waals surface area contributed by atoms with Crippen molar-refractivity contribution in [1.29, 1.82) is 0 Å².